The molecule has 0 bridgehead atoms. The van der Waals surface area contributed by atoms with Crippen molar-refractivity contribution in [1.29, 1.82) is 0 Å². The summed E-state index contributed by atoms with van der Waals surface area (Å²) in [6.07, 6.45) is 20.9. The molecule has 0 heterocycles. The van der Waals surface area contributed by atoms with Crippen LogP contribution in [0, 0.1) is 5.92 Å². The number of hydrogen-bond acceptors (Lipinski definition) is 9. The molecule has 0 aliphatic carbocycles. The number of carbonyl (C=O) groups excluding carboxylic acids is 2. The van der Waals surface area contributed by atoms with E-state index in [-0.39, 0.29) is 57.8 Å². The number of aliphatic carboxylic acids is 1. The third-order valence-corrected chi connectivity index (χ3v) is 7.77. The fraction of sp³-hybridized carbons (Fsp3) is 0.903. The van der Waals surface area contributed by atoms with Crippen LogP contribution in [-0.2, 0) is 42.2 Å². The number of carboxylic acids is 1. The van der Waals surface area contributed by atoms with E-state index in [2.05, 4.69) is 6.92 Å². The second-order valence-corrected chi connectivity index (χ2v) is 12.7. The van der Waals surface area contributed by atoms with Crippen LogP contribution in [0.15, 0.2) is 0 Å². The van der Waals surface area contributed by atoms with E-state index in [0.717, 1.165) is 19.3 Å². The van der Waals surface area contributed by atoms with Gasteiger partial charge >= 0.3 is 25.7 Å². The molecule has 0 rings (SSSR count). The highest BCUT2D eigenvalue weighted by atomic mass is 31.2. The van der Waals surface area contributed by atoms with Gasteiger partial charge < -0.3 is 24.2 Å². The van der Waals surface area contributed by atoms with E-state index >= 15 is 0 Å². The van der Waals surface area contributed by atoms with E-state index in [4.69, 9.17) is 28.4 Å². The van der Waals surface area contributed by atoms with Gasteiger partial charge in [-0.15, -0.1) is 0 Å². The summed E-state index contributed by atoms with van der Waals surface area (Å²) in [5.41, 5.74) is 0. The number of phosphoric acid groups is 1. The van der Waals surface area contributed by atoms with Crippen LogP contribution in [0.1, 0.15) is 136 Å². The van der Waals surface area contributed by atoms with E-state index in [1.165, 1.54) is 83.5 Å². The van der Waals surface area contributed by atoms with Crippen LogP contribution in [0.2, 0.25) is 0 Å². The number of ether oxygens (including phenoxy) is 3. The molecule has 254 valence electrons. The summed E-state index contributed by atoms with van der Waals surface area (Å²) >= 11 is 0. The Morgan fingerprint density at radius 1 is 0.628 bits per heavy atom. The van der Waals surface area contributed by atoms with Gasteiger partial charge in [-0.1, -0.05) is 110 Å². The van der Waals surface area contributed by atoms with E-state index in [0.29, 0.717) is 6.42 Å². The molecule has 0 aliphatic heterocycles. The second-order valence-electron chi connectivity index (χ2n) is 11.2. The van der Waals surface area contributed by atoms with Crippen molar-refractivity contribution in [2.75, 3.05) is 39.6 Å². The zero-order valence-electron chi connectivity index (χ0n) is 26.8. The van der Waals surface area contributed by atoms with Crippen LogP contribution < -0.4 is 0 Å². The summed E-state index contributed by atoms with van der Waals surface area (Å²) in [5.74, 6) is -2.25. The molecule has 11 nitrogen and oxygen atoms in total. The lowest BCUT2D eigenvalue weighted by Crippen LogP contribution is -2.16. The van der Waals surface area contributed by atoms with Gasteiger partial charge in [0.15, 0.2) is 0 Å². The van der Waals surface area contributed by atoms with Crippen molar-refractivity contribution in [3.05, 3.63) is 0 Å². The number of unbranched alkanes of at least 4 members (excludes halogenated alkanes) is 15. The van der Waals surface area contributed by atoms with Crippen LogP contribution in [0.3, 0.4) is 0 Å². The highest BCUT2D eigenvalue weighted by molar-refractivity contribution is 7.47. The molecule has 0 aliphatic rings. The highest BCUT2D eigenvalue weighted by Crippen LogP contribution is 2.43. The normalized spacial score (nSPS) is 13.4. The molecule has 0 spiro atoms. The lowest BCUT2D eigenvalue weighted by Gasteiger charge is -2.16. The maximum Gasteiger partial charge on any atom is 0.472 e. The van der Waals surface area contributed by atoms with Gasteiger partial charge in [-0.05, 0) is 12.8 Å². The van der Waals surface area contributed by atoms with Crippen molar-refractivity contribution in [1.82, 2.24) is 0 Å². The fourth-order valence-corrected chi connectivity index (χ4v) is 5.15. The quantitative estimate of drug-likeness (QED) is 0.0431. The molecule has 2 unspecified atom stereocenters. The van der Waals surface area contributed by atoms with Gasteiger partial charge in [-0.25, -0.2) is 9.36 Å². The monoisotopic (exact) mass is 638 g/mol. The third kappa shape index (κ3) is 31.7. The molecule has 0 amide bonds. The molecule has 0 saturated heterocycles. The average molecular weight is 639 g/mol. The van der Waals surface area contributed by atoms with Crippen molar-refractivity contribution in [3.8, 4) is 0 Å². The summed E-state index contributed by atoms with van der Waals surface area (Å²) in [7, 11) is -4.31. The molecular weight excluding hydrogens is 579 g/mol. The SMILES string of the molecule is CCCCCCCCCCCCCCCCCCC(=O)OCC(C)COP(=O)(O)OCCCC(=O)OCCOCC(=O)O. The zero-order chi connectivity index (χ0) is 32.0. The largest absolute Gasteiger partial charge is 0.480 e. The van der Waals surface area contributed by atoms with Crippen LogP contribution in [-0.4, -0.2) is 67.5 Å². The molecule has 2 N–H and O–H groups in total. The molecule has 43 heavy (non-hydrogen) atoms. The Hall–Kier alpha value is -1.52. The van der Waals surface area contributed by atoms with Crippen LogP contribution in [0.4, 0.5) is 0 Å². The molecular formula is C31H59O11P. The number of rotatable bonds is 32. The summed E-state index contributed by atoms with van der Waals surface area (Å²) in [6.45, 7) is 3.15. The molecule has 2 atom stereocenters. The van der Waals surface area contributed by atoms with Crippen molar-refractivity contribution in [2.24, 2.45) is 5.92 Å². The van der Waals surface area contributed by atoms with Crippen molar-refractivity contribution >= 4 is 25.7 Å². The Kier molecular flexibility index (Phi) is 28.2. The Labute approximate surface area is 259 Å². The first kappa shape index (κ1) is 41.5. The van der Waals surface area contributed by atoms with Gasteiger partial charge in [0.25, 0.3) is 0 Å². The van der Waals surface area contributed by atoms with Crippen molar-refractivity contribution in [3.63, 3.8) is 0 Å². The minimum absolute atomic E-state index is 0.0404. The maximum atomic E-state index is 12.0. The Morgan fingerprint density at radius 3 is 1.65 bits per heavy atom. The topological polar surface area (TPSA) is 155 Å². The van der Waals surface area contributed by atoms with Gasteiger partial charge in [0.05, 0.1) is 26.4 Å². The summed E-state index contributed by atoms with van der Waals surface area (Å²) in [5, 5.41) is 8.43. The molecule has 0 aromatic heterocycles. The van der Waals surface area contributed by atoms with Gasteiger partial charge in [-0.2, -0.15) is 0 Å². The molecule has 12 heteroatoms. The van der Waals surface area contributed by atoms with Crippen molar-refractivity contribution in [2.45, 2.75) is 136 Å². The second kappa shape index (κ2) is 29.2. The van der Waals surface area contributed by atoms with Crippen molar-refractivity contribution < 1.29 is 52.2 Å². The predicted molar refractivity (Wildman–Crippen MR) is 165 cm³/mol. The van der Waals surface area contributed by atoms with Gasteiger partial charge in [0, 0.05) is 18.8 Å². The van der Waals surface area contributed by atoms with E-state index in [9.17, 15) is 23.8 Å². The number of carboxylic acid groups (broad SMARTS) is 1. The summed E-state index contributed by atoms with van der Waals surface area (Å²) in [6, 6.07) is 0. The Bertz CT molecular complexity index is 747. The molecule has 0 fully saturated rings. The number of carbonyl (C=O) groups is 3. The highest BCUT2D eigenvalue weighted by Gasteiger charge is 2.22. The Balaban J connectivity index is 3.59. The average Bonchev–Trinajstić information content (AvgIpc) is 2.96. The van der Waals surface area contributed by atoms with Gasteiger partial charge in [-0.3, -0.25) is 18.6 Å². The first-order valence-electron chi connectivity index (χ1n) is 16.4. The van der Waals surface area contributed by atoms with E-state index in [1.807, 2.05) is 0 Å². The smallest absolute Gasteiger partial charge is 0.472 e. The zero-order valence-corrected chi connectivity index (χ0v) is 27.7. The minimum atomic E-state index is -4.31. The van der Waals surface area contributed by atoms with Crippen LogP contribution in [0.5, 0.6) is 0 Å². The van der Waals surface area contributed by atoms with Crippen LogP contribution >= 0.6 is 7.82 Å². The van der Waals surface area contributed by atoms with E-state index in [1.54, 1.807) is 6.92 Å². The number of esters is 2. The third-order valence-electron chi connectivity index (χ3n) is 6.78. The number of phosphoric ester groups is 1. The molecule has 0 aromatic carbocycles. The maximum absolute atomic E-state index is 12.0. The predicted octanol–water partition coefficient (Wildman–Crippen LogP) is 7.38. The van der Waals surface area contributed by atoms with Gasteiger partial charge in [0.2, 0.25) is 0 Å². The fourth-order valence-electron chi connectivity index (χ4n) is 4.27. The van der Waals surface area contributed by atoms with Crippen LogP contribution in [0.25, 0.3) is 0 Å². The minimum Gasteiger partial charge on any atom is -0.480 e. The standard InChI is InChI=1S/C31H59O11P/c1-3-4-5-6-7-8-9-10-11-12-13-14-15-16-17-18-20-31(35)40-25-28(2)26-42-43(36,37)41-22-19-21-30(34)39-24-23-38-27-29(32)33/h28H,3-27H2,1-2H3,(H,32,33)(H,36,37). The lowest BCUT2D eigenvalue weighted by molar-refractivity contribution is -0.148. The molecule has 0 aromatic rings. The Morgan fingerprint density at radius 2 is 1.12 bits per heavy atom. The first-order valence-corrected chi connectivity index (χ1v) is 17.9. The van der Waals surface area contributed by atoms with Gasteiger partial charge in [0.1, 0.15) is 13.2 Å². The molecule has 0 saturated carbocycles. The summed E-state index contributed by atoms with van der Waals surface area (Å²) in [4.78, 5) is 43.6. The summed E-state index contributed by atoms with van der Waals surface area (Å²) < 4.78 is 36.6. The lowest BCUT2D eigenvalue weighted by atomic mass is 10.0. The first-order chi connectivity index (χ1) is 20.7. The molecule has 0 radical (unpaired) electrons. The van der Waals surface area contributed by atoms with E-state index < -0.39 is 26.4 Å². The number of hydrogen-bond donors (Lipinski definition) is 2.